The van der Waals surface area contributed by atoms with E-state index < -0.39 is 11.6 Å². The highest BCUT2D eigenvalue weighted by molar-refractivity contribution is 7.22. The number of aryl methyl sites for hydroxylation is 1. The van der Waals surface area contributed by atoms with E-state index in [2.05, 4.69) is 47.0 Å². The zero-order valence-corrected chi connectivity index (χ0v) is 32.6. The molecule has 3 unspecified atom stereocenters. The third-order valence-corrected chi connectivity index (χ3v) is 10.9. The SMILES string of the molecule is CC.CC(C)(C)O.Cc1cc2nc3sc2c(c1CC(=O)O)-c1ccc2c(c1)C(CCCCC(C)CC1CN(C)CCN1c1cncc-3n1)CCO2. The van der Waals surface area contributed by atoms with E-state index in [0.717, 1.165) is 100 Å². The van der Waals surface area contributed by atoms with Crippen molar-refractivity contribution in [3.63, 3.8) is 0 Å². The number of nitrogens with zero attached hydrogens (tertiary/aromatic N) is 5. The monoisotopic (exact) mass is 715 g/mol. The molecule has 4 aromatic rings. The van der Waals surface area contributed by atoms with E-state index in [4.69, 9.17) is 19.8 Å². The van der Waals surface area contributed by atoms with Gasteiger partial charge in [0.1, 0.15) is 22.3 Å². The summed E-state index contributed by atoms with van der Waals surface area (Å²) in [7, 11) is 2.22. The van der Waals surface area contributed by atoms with Crippen LogP contribution in [0.4, 0.5) is 5.82 Å². The van der Waals surface area contributed by atoms with Gasteiger partial charge in [0.2, 0.25) is 0 Å². The second-order valence-electron chi connectivity index (χ2n) is 15.2. The van der Waals surface area contributed by atoms with Gasteiger partial charge < -0.3 is 24.7 Å². The van der Waals surface area contributed by atoms with E-state index >= 15 is 0 Å². The lowest BCUT2D eigenvalue weighted by atomic mass is 9.84. The number of ether oxygens (including phenoxy) is 1. The van der Waals surface area contributed by atoms with Crippen LogP contribution in [0.2, 0.25) is 0 Å². The zero-order valence-electron chi connectivity index (χ0n) is 31.8. The van der Waals surface area contributed by atoms with Gasteiger partial charge in [-0.3, -0.25) is 9.78 Å². The van der Waals surface area contributed by atoms with Crippen LogP contribution in [-0.2, 0) is 11.2 Å². The van der Waals surface area contributed by atoms with E-state index in [-0.39, 0.29) is 6.42 Å². The molecule has 10 heteroatoms. The summed E-state index contributed by atoms with van der Waals surface area (Å²) in [5, 5.41) is 19.3. The molecule has 3 aliphatic rings. The number of likely N-dealkylation sites (N-methyl/N-ethyl adjacent to an activating group) is 1. The van der Waals surface area contributed by atoms with Crippen molar-refractivity contribution in [1.29, 1.82) is 0 Å². The number of piperazine rings is 1. The molecule has 2 N–H and O–H groups in total. The highest BCUT2D eigenvalue weighted by atomic mass is 32.1. The molecule has 1 saturated heterocycles. The molecular weight excluding hydrogens is 659 g/mol. The molecule has 3 atom stereocenters. The third kappa shape index (κ3) is 9.64. The molecule has 7 rings (SSSR count). The van der Waals surface area contributed by atoms with Crippen LogP contribution in [0.3, 0.4) is 0 Å². The average Bonchev–Trinajstić information content (AvgIpc) is 3.50. The highest BCUT2D eigenvalue weighted by Crippen LogP contribution is 2.44. The number of carboxylic acids is 1. The van der Waals surface area contributed by atoms with E-state index in [1.165, 1.54) is 24.8 Å². The maximum Gasteiger partial charge on any atom is 0.307 e. The van der Waals surface area contributed by atoms with Crippen molar-refractivity contribution >= 4 is 33.3 Å². The van der Waals surface area contributed by atoms with Crippen LogP contribution in [-0.4, -0.2) is 81.0 Å². The fourth-order valence-electron chi connectivity index (χ4n) is 7.53. The van der Waals surface area contributed by atoms with Crippen molar-refractivity contribution in [2.45, 2.75) is 111 Å². The van der Waals surface area contributed by atoms with Crippen LogP contribution in [0.15, 0.2) is 36.7 Å². The first-order chi connectivity index (χ1) is 24.3. The van der Waals surface area contributed by atoms with Crippen molar-refractivity contribution in [2.75, 3.05) is 38.2 Å². The van der Waals surface area contributed by atoms with E-state index in [1.54, 1.807) is 32.1 Å². The third-order valence-electron chi connectivity index (χ3n) is 9.80. The molecule has 51 heavy (non-hydrogen) atoms. The Morgan fingerprint density at radius 3 is 2.55 bits per heavy atom. The molecule has 0 amide bonds. The molecule has 3 aliphatic heterocycles. The number of benzene rings is 2. The number of rotatable bonds is 2. The van der Waals surface area contributed by atoms with Crippen LogP contribution in [0, 0.1) is 12.8 Å². The van der Waals surface area contributed by atoms with Gasteiger partial charge in [0.15, 0.2) is 0 Å². The summed E-state index contributed by atoms with van der Waals surface area (Å²) in [6.07, 6.45) is 10.6. The Hall–Kier alpha value is -3.60. The van der Waals surface area contributed by atoms with Gasteiger partial charge >= 0.3 is 5.97 Å². The Morgan fingerprint density at radius 2 is 1.80 bits per heavy atom. The van der Waals surface area contributed by atoms with Crippen LogP contribution >= 0.6 is 11.3 Å². The molecule has 6 bridgehead atoms. The molecule has 0 radical (unpaired) electrons. The number of anilines is 1. The maximum absolute atomic E-state index is 12.1. The molecule has 0 saturated carbocycles. The van der Waals surface area contributed by atoms with Crippen molar-refractivity contribution in [1.82, 2.24) is 19.9 Å². The van der Waals surface area contributed by atoms with Gasteiger partial charge in [-0.05, 0) is 106 Å². The summed E-state index contributed by atoms with van der Waals surface area (Å²) < 4.78 is 7.12. The number of fused-ring (bicyclic) bond motifs is 8. The molecule has 9 nitrogen and oxygen atoms in total. The highest BCUT2D eigenvalue weighted by Gasteiger charge is 2.29. The number of aliphatic hydroxyl groups is 1. The van der Waals surface area contributed by atoms with Gasteiger partial charge in [-0.1, -0.05) is 46.1 Å². The van der Waals surface area contributed by atoms with Crippen molar-refractivity contribution < 1.29 is 19.7 Å². The lowest BCUT2D eigenvalue weighted by molar-refractivity contribution is -0.136. The number of hydrogen-bond donors (Lipinski definition) is 2. The molecule has 276 valence electrons. The van der Waals surface area contributed by atoms with Gasteiger partial charge in [-0.15, -0.1) is 11.3 Å². The van der Waals surface area contributed by atoms with E-state index in [9.17, 15) is 9.90 Å². The summed E-state index contributed by atoms with van der Waals surface area (Å²) in [4.78, 5) is 31.9. The lowest BCUT2D eigenvalue weighted by Gasteiger charge is -2.41. The molecule has 0 aliphatic carbocycles. The van der Waals surface area contributed by atoms with Crippen LogP contribution in [0.5, 0.6) is 5.75 Å². The van der Waals surface area contributed by atoms with E-state index in [0.29, 0.717) is 17.9 Å². The Morgan fingerprint density at radius 1 is 1.06 bits per heavy atom. The predicted octanol–water partition coefficient (Wildman–Crippen LogP) is 8.75. The largest absolute Gasteiger partial charge is 0.493 e. The zero-order chi connectivity index (χ0) is 36.9. The Balaban J connectivity index is 0.000000665. The number of thiazole rings is 1. The van der Waals surface area contributed by atoms with Gasteiger partial charge in [0.05, 0.1) is 41.2 Å². The van der Waals surface area contributed by atoms with E-state index in [1.807, 2.05) is 39.2 Å². The average molecular weight is 716 g/mol. The van der Waals surface area contributed by atoms with Gasteiger partial charge in [0, 0.05) is 31.2 Å². The van der Waals surface area contributed by atoms with Crippen LogP contribution in [0.1, 0.15) is 103 Å². The van der Waals surface area contributed by atoms with Gasteiger partial charge in [-0.25, -0.2) is 9.97 Å². The molecule has 5 heterocycles. The second-order valence-corrected chi connectivity index (χ2v) is 16.2. The van der Waals surface area contributed by atoms with Crippen molar-refractivity contribution in [2.24, 2.45) is 5.92 Å². The smallest absolute Gasteiger partial charge is 0.307 e. The minimum atomic E-state index is -0.836. The molecule has 2 aromatic heterocycles. The summed E-state index contributed by atoms with van der Waals surface area (Å²) >= 11 is 1.58. The number of aromatic nitrogens is 3. The summed E-state index contributed by atoms with van der Waals surface area (Å²) in [6, 6.07) is 8.87. The summed E-state index contributed by atoms with van der Waals surface area (Å²) in [5.74, 6) is 2.10. The van der Waals surface area contributed by atoms with Gasteiger partial charge in [-0.2, -0.15) is 0 Å². The Bertz CT molecular complexity index is 1790. The van der Waals surface area contributed by atoms with Crippen molar-refractivity contribution in [3.05, 3.63) is 53.3 Å². The summed E-state index contributed by atoms with van der Waals surface area (Å²) in [5.41, 5.74) is 6.15. The minimum absolute atomic E-state index is 0.0420. The second kappa shape index (κ2) is 16.8. The number of carboxylic acid groups (broad SMARTS) is 1. The quantitative estimate of drug-likeness (QED) is 0.210. The number of carbonyl (C=O) groups is 1. The molecular formula is C41H57N5O4S. The fourth-order valence-corrected chi connectivity index (χ4v) is 8.62. The Kier molecular flexibility index (Phi) is 12.7. The van der Waals surface area contributed by atoms with Gasteiger partial charge in [0.25, 0.3) is 0 Å². The fraction of sp³-hybridized carbons (Fsp3) is 0.561. The Labute approximate surface area is 308 Å². The summed E-state index contributed by atoms with van der Waals surface area (Å²) in [6.45, 7) is 17.3. The first kappa shape index (κ1) is 38.6. The number of aliphatic carboxylic acids is 1. The first-order valence-electron chi connectivity index (χ1n) is 18.8. The first-order valence-corrected chi connectivity index (χ1v) is 19.6. The van der Waals surface area contributed by atoms with Crippen LogP contribution < -0.4 is 9.64 Å². The van der Waals surface area contributed by atoms with Crippen LogP contribution in [0.25, 0.3) is 32.0 Å². The van der Waals surface area contributed by atoms with Crippen molar-refractivity contribution in [3.8, 4) is 27.6 Å². The normalized spacial score (nSPS) is 20.7. The molecule has 0 spiro atoms. The topological polar surface area (TPSA) is 112 Å². The minimum Gasteiger partial charge on any atom is -0.493 e. The lowest BCUT2D eigenvalue weighted by Crippen LogP contribution is -2.52. The molecule has 2 aromatic carbocycles. The molecule has 1 fully saturated rings. The predicted molar refractivity (Wildman–Crippen MR) is 209 cm³/mol. The number of hydrogen-bond acceptors (Lipinski definition) is 9. The standard InChI is InChI=1S/C35H41N5O3S.C4H10O.C2H6/c1-21-6-4-5-7-23-10-13-43-30-9-8-24(16-27(23)30)33-26(17-32(41)42)22(2)15-28-34(33)44-35(38-28)29-18-36-19-31(37-29)40-12-11-39(3)20-25(40)14-21;1-4(2,3)5;1-2/h8-9,15-16,18-19,21,23,25H,4-7,10-14,17,20H2,1-3H3,(H,41,42);5H,1-3H3;1-2H3. The maximum atomic E-state index is 12.1.